The topological polar surface area (TPSA) is 83.8 Å². The number of nitrogens with one attached hydrogen (secondary N) is 2. The van der Waals surface area contributed by atoms with Gasteiger partial charge in [0.2, 0.25) is 0 Å². The number of benzene rings is 2. The normalized spacial score (nSPS) is 11.9. The molecular weight excluding hydrogens is 406 g/mol. The molecule has 3 aromatic heterocycles. The Hall–Kier alpha value is -3.26. The molecule has 0 spiro atoms. The molecule has 0 aliphatic rings. The predicted octanol–water partition coefficient (Wildman–Crippen LogP) is 4.21. The summed E-state index contributed by atoms with van der Waals surface area (Å²) >= 11 is 3.50. The number of para-hydroxylation sites is 1. The number of halogens is 1. The van der Waals surface area contributed by atoms with Crippen LogP contribution < -0.4 is 5.43 Å². The molecule has 7 nitrogen and oxygen atoms in total. The van der Waals surface area contributed by atoms with E-state index in [1.165, 1.54) is 0 Å². The minimum Gasteiger partial charge on any atom is -0.361 e. The zero-order chi connectivity index (χ0) is 18.4. The van der Waals surface area contributed by atoms with E-state index in [2.05, 4.69) is 46.6 Å². The number of hydrogen-bond acceptors (Lipinski definition) is 5. The van der Waals surface area contributed by atoms with Gasteiger partial charge in [-0.15, -0.1) is 10.2 Å². The van der Waals surface area contributed by atoms with E-state index in [1.54, 1.807) is 6.21 Å². The molecule has 0 radical (unpaired) electrons. The van der Waals surface area contributed by atoms with Crippen LogP contribution in [0.1, 0.15) is 5.56 Å². The van der Waals surface area contributed by atoms with Gasteiger partial charge in [-0.3, -0.25) is 0 Å². The van der Waals surface area contributed by atoms with Crippen LogP contribution in [0.4, 0.5) is 5.95 Å². The van der Waals surface area contributed by atoms with Gasteiger partial charge in [0.15, 0.2) is 5.65 Å². The monoisotopic (exact) mass is 419 g/mol. The van der Waals surface area contributed by atoms with Crippen LogP contribution in [0, 0.1) is 0 Å². The summed E-state index contributed by atoms with van der Waals surface area (Å²) < 4.78 is 3.00. The number of hydrazone groups is 1. The largest absolute Gasteiger partial charge is 0.361 e. The van der Waals surface area contributed by atoms with Gasteiger partial charge in [0, 0.05) is 39.6 Å². The molecular formula is C19H14BrN7. The number of aryl methyl sites for hydroxylation is 1. The maximum Gasteiger partial charge on any atom is 0.265 e. The highest BCUT2D eigenvalue weighted by Crippen LogP contribution is 2.28. The van der Waals surface area contributed by atoms with Crippen molar-refractivity contribution in [1.29, 1.82) is 0 Å². The van der Waals surface area contributed by atoms with E-state index < -0.39 is 0 Å². The predicted molar refractivity (Wildman–Crippen MR) is 111 cm³/mol. The molecule has 0 atom stereocenters. The lowest BCUT2D eigenvalue weighted by atomic mass is 10.2. The molecule has 3 heterocycles. The number of aromatic amines is 1. The third kappa shape index (κ3) is 2.65. The Bertz CT molecular complexity index is 1330. The Balaban J connectivity index is 1.48. The lowest BCUT2D eigenvalue weighted by Crippen LogP contribution is -2.00. The van der Waals surface area contributed by atoms with E-state index in [4.69, 9.17) is 0 Å². The molecule has 0 saturated heterocycles. The average molecular weight is 420 g/mol. The van der Waals surface area contributed by atoms with Crippen LogP contribution in [0.25, 0.3) is 33.0 Å². The van der Waals surface area contributed by atoms with Gasteiger partial charge in [-0.2, -0.15) is 10.1 Å². The fraction of sp³-hybridized carbons (Fsp3) is 0.0526. The highest BCUT2D eigenvalue weighted by atomic mass is 79.9. The number of nitrogens with zero attached hydrogens (tertiary/aromatic N) is 5. The van der Waals surface area contributed by atoms with Crippen molar-refractivity contribution in [1.82, 2.24) is 24.7 Å². The molecule has 0 saturated carbocycles. The summed E-state index contributed by atoms with van der Waals surface area (Å²) in [6, 6.07) is 14.1. The summed E-state index contributed by atoms with van der Waals surface area (Å²) in [6.07, 6.45) is 3.66. The van der Waals surface area contributed by atoms with Gasteiger partial charge in [-0.1, -0.05) is 34.1 Å². The van der Waals surface area contributed by atoms with E-state index in [0.717, 1.165) is 43.0 Å². The van der Waals surface area contributed by atoms with Crippen molar-refractivity contribution in [3.05, 3.63) is 58.7 Å². The highest BCUT2D eigenvalue weighted by Gasteiger charge is 2.12. The smallest absolute Gasteiger partial charge is 0.265 e. The molecule has 5 aromatic rings. The first-order valence-electron chi connectivity index (χ1n) is 8.34. The SMILES string of the molecule is Cn1c2ccc(Br)cc2c2nnc(N/N=C/c3c[nH]c4ccccc34)nc21. The summed E-state index contributed by atoms with van der Waals surface area (Å²) in [5.41, 5.74) is 7.49. The van der Waals surface area contributed by atoms with Crippen LogP contribution >= 0.6 is 15.9 Å². The van der Waals surface area contributed by atoms with E-state index >= 15 is 0 Å². The molecule has 0 bridgehead atoms. The molecule has 5 rings (SSSR count). The van der Waals surface area contributed by atoms with Crippen molar-refractivity contribution in [2.75, 3.05) is 5.43 Å². The van der Waals surface area contributed by atoms with Crippen molar-refractivity contribution in [2.45, 2.75) is 0 Å². The number of hydrogen-bond donors (Lipinski definition) is 2. The number of anilines is 1. The summed E-state index contributed by atoms with van der Waals surface area (Å²) in [5, 5.41) is 14.9. The quantitative estimate of drug-likeness (QED) is 0.338. The first-order chi connectivity index (χ1) is 13.2. The fourth-order valence-electron chi connectivity index (χ4n) is 3.24. The highest BCUT2D eigenvalue weighted by molar-refractivity contribution is 9.10. The summed E-state index contributed by atoms with van der Waals surface area (Å²) in [4.78, 5) is 7.78. The van der Waals surface area contributed by atoms with Crippen molar-refractivity contribution in [3.8, 4) is 0 Å². The van der Waals surface area contributed by atoms with Gasteiger partial charge < -0.3 is 9.55 Å². The molecule has 0 amide bonds. The number of H-pyrrole nitrogens is 1. The van der Waals surface area contributed by atoms with Crippen molar-refractivity contribution in [3.63, 3.8) is 0 Å². The molecule has 0 aliphatic carbocycles. The summed E-state index contributed by atoms with van der Waals surface area (Å²) in [5.74, 6) is 0.351. The molecule has 132 valence electrons. The molecule has 0 aliphatic heterocycles. The van der Waals surface area contributed by atoms with Crippen molar-refractivity contribution < 1.29 is 0 Å². The van der Waals surface area contributed by atoms with Crippen LogP contribution in [0.3, 0.4) is 0 Å². The maximum atomic E-state index is 4.56. The first-order valence-corrected chi connectivity index (χ1v) is 9.13. The average Bonchev–Trinajstić information content (AvgIpc) is 3.22. The summed E-state index contributed by atoms with van der Waals surface area (Å²) in [7, 11) is 1.96. The van der Waals surface area contributed by atoms with E-state index in [0.29, 0.717) is 5.95 Å². The zero-order valence-electron chi connectivity index (χ0n) is 14.3. The van der Waals surface area contributed by atoms with Gasteiger partial charge in [0.25, 0.3) is 5.95 Å². The Morgan fingerprint density at radius 3 is 2.96 bits per heavy atom. The molecule has 2 N–H and O–H groups in total. The number of rotatable bonds is 3. The molecule has 8 heteroatoms. The molecule has 0 fully saturated rings. The Morgan fingerprint density at radius 2 is 2.04 bits per heavy atom. The Labute approximate surface area is 162 Å². The van der Waals surface area contributed by atoms with Crippen LogP contribution in [0.15, 0.2) is 58.2 Å². The van der Waals surface area contributed by atoms with Gasteiger partial charge in [0.05, 0.1) is 11.7 Å². The van der Waals surface area contributed by atoms with E-state index in [9.17, 15) is 0 Å². The Morgan fingerprint density at radius 1 is 1.15 bits per heavy atom. The van der Waals surface area contributed by atoms with Gasteiger partial charge in [-0.05, 0) is 24.3 Å². The van der Waals surface area contributed by atoms with Crippen LogP contribution in [-0.4, -0.2) is 30.9 Å². The Kier molecular flexibility index (Phi) is 3.64. The molecule has 2 aromatic carbocycles. The summed E-state index contributed by atoms with van der Waals surface area (Å²) in [6.45, 7) is 0. The van der Waals surface area contributed by atoms with Crippen LogP contribution in [-0.2, 0) is 7.05 Å². The second-order valence-corrected chi connectivity index (χ2v) is 7.10. The van der Waals surface area contributed by atoms with Crippen LogP contribution in [0.2, 0.25) is 0 Å². The first kappa shape index (κ1) is 16.0. The number of aromatic nitrogens is 5. The van der Waals surface area contributed by atoms with Gasteiger partial charge in [0.1, 0.15) is 5.52 Å². The minimum absolute atomic E-state index is 0.351. The van der Waals surface area contributed by atoms with E-state index in [-0.39, 0.29) is 0 Å². The zero-order valence-corrected chi connectivity index (χ0v) is 15.9. The number of fused-ring (bicyclic) bond motifs is 4. The second kappa shape index (κ2) is 6.17. The standard InChI is InChI=1S/C19H14BrN7/c1-27-16-7-6-12(20)8-14(16)17-18(27)23-19(26-24-17)25-22-10-11-9-21-15-5-3-2-4-13(11)15/h2-10,21H,1H3,(H,23,25,26)/b22-10+. The molecule has 27 heavy (non-hydrogen) atoms. The van der Waals surface area contributed by atoms with Gasteiger partial charge >= 0.3 is 0 Å². The van der Waals surface area contributed by atoms with Crippen molar-refractivity contribution in [2.24, 2.45) is 12.1 Å². The lowest BCUT2D eigenvalue weighted by molar-refractivity contribution is 0.949. The minimum atomic E-state index is 0.351. The molecule has 0 unspecified atom stereocenters. The fourth-order valence-corrected chi connectivity index (χ4v) is 3.60. The van der Waals surface area contributed by atoms with Crippen molar-refractivity contribution >= 4 is 61.1 Å². The lowest BCUT2D eigenvalue weighted by Gasteiger charge is -1.99. The van der Waals surface area contributed by atoms with E-state index in [1.807, 2.05) is 60.3 Å². The second-order valence-electron chi connectivity index (χ2n) is 6.19. The third-order valence-corrected chi connectivity index (χ3v) is 5.04. The van der Waals surface area contributed by atoms with Gasteiger partial charge in [-0.25, -0.2) is 5.43 Å². The third-order valence-electron chi connectivity index (χ3n) is 4.55. The van der Waals surface area contributed by atoms with Crippen LogP contribution in [0.5, 0.6) is 0 Å². The maximum absolute atomic E-state index is 4.56.